The molecular formula is C23H33N3O3. The Morgan fingerprint density at radius 2 is 1.90 bits per heavy atom. The monoisotopic (exact) mass is 399 g/mol. The lowest BCUT2D eigenvalue weighted by Crippen LogP contribution is -2.57. The molecule has 1 saturated carbocycles. The first-order valence-corrected chi connectivity index (χ1v) is 11.1. The van der Waals surface area contributed by atoms with Crippen LogP contribution in [-0.4, -0.2) is 72.6 Å². The number of hydrogen-bond donors (Lipinski definition) is 1. The van der Waals surface area contributed by atoms with E-state index in [2.05, 4.69) is 17.1 Å². The fourth-order valence-electron chi connectivity index (χ4n) is 5.03. The number of hydrogen-bond acceptors (Lipinski definition) is 4. The smallest absolute Gasteiger partial charge is 0.254 e. The van der Waals surface area contributed by atoms with Crippen LogP contribution in [-0.2, 0) is 9.53 Å². The zero-order valence-corrected chi connectivity index (χ0v) is 17.4. The van der Waals surface area contributed by atoms with E-state index in [-0.39, 0.29) is 36.6 Å². The number of amides is 2. The average molecular weight is 400 g/mol. The maximum atomic E-state index is 13.0. The van der Waals surface area contributed by atoms with Crippen molar-refractivity contribution in [2.24, 2.45) is 5.92 Å². The van der Waals surface area contributed by atoms with Crippen molar-refractivity contribution in [3.63, 3.8) is 0 Å². The topological polar surface area (TPSA) is 61.9 Å². The third-order valence-electron chi connectivity index (χ3n) is 6.84. The molecule has 3 aliphatic rings. The highest BCUT2D eigenvalue weighted by atomic mass is 16.5. The molecule has 1 aromatic carbocycles. The summed E-state index contributed by atoms with van der Waals surface area (Å²) >= 11 is 0. The number of nitrogens with one attached hydrogen (secondary N) is 1. The van der Waals surface area contributed by atoms with Crippen LogP contribution in [0.3, 0.4) is 0 Å². The summed E-state index contributed by atoms with van der Waals surface area (Å²) in [5.41, 5.74) is 0.741. The van der Waals surface area contributed by atoms with Crippen LogP contribution in [0, 0.1) is 5.92 Å². The van der Waals surface area contributed by atoms with E-state index in [4.69, 9.17) is 4.74 Å². The molecule has 2 amide bonds. The van der Waals surface area contributed by atoms with Crippen LogP contribution in [0.4, 0.5) is 0 Å². The molecule has 2 saturated heterocycles. The van der Waals surface area contributed by atoms with Gasteiger partial charge in [0.1, 0.15) is 6.61 Å². The number of carbonyl (C=O) groups is 2. The summed E-state index contributed by atoms with van der Waals surface area (Å²) in [6, 6.07) is 9.95. The molecule has 1 N–H and O–H groups in total. The van der Waals surface area contributed by atoms with E-state index >= 15 is 0 Å². The summed E-state index contributed by atoms with van der Waals surface area (Å²) in [5, 5.41) is 3.05. The Labute approximate surface area is 173 Å². The molecule has 158 valence electrons. The Kier molecular flexibility index (Phi) is 6.50. The number of fused-ring (bicyclic) bond motifs is 2. The number of benzene rings is 1. The first-order chi connectivity index (χ1) is 14.1. The van der Waals surface area contributed by atoms with Crippen LogP contribution in [0.5, 0.6) is 0 Å². The van der Waals surface area contributed by atoms with Gasteiger partial charge in [0.05, 0.1) is 6.10 Å². The molecule has 2 aliphatic heterocycles. The normalized spacial score (nSPS) is 31.5. The lowest BCUT2D eigenvalue weighted by atomic mass is 9.88. The molecule has 2 heterocycles. The van der Waals surface area contributed by atoms with Gasteiger partial charge in [-0.15, -0.1) is 0 Å². The van der Waals surface area contributed by atoms with Gasteiger partial charge in [0, 0.05) is 43.8 Å². The number of nitrogens with zero attached hydrogens (tertiary/aromatic N) is 2. The summed E-state index contributed by atoms with van der Waals surface area (Å²) in [4.78, 5) is 29.7. The van der Waals surface area contributed by atoms with E-state index in [0.29, 0.717) is 19.0 Å². The first kappa shape index (κ1) is 20.4. The Morgan fingerprint density at radius 1 is 1.10 bits per heavy atom. The maximum absolute atomic E-state index is 13.0. The summed E-state index contributed by atoms with van der Waals surface area (Å²) in [6.45, 7) is 5.46. The lowest BCUT2D eigenvalue weighted by molar-refractivity contribution is -0.129. The van der Waals surface area contributed by atoms with Crippen molar-refractivity contribution in [3.8, 4) is 0 Å². The molecule has 1 aliphatic carbocycles. The second kappa shape index (κ2) is 9.26. The molecule has 3 fully saturated rings. The zero-order chi connectivity index (χ0) is 20.2. The molecule has 0 spiro atoms. The van der Waals surface area contributed by atoms with Gasteiger partial charge >= 0.3 is 0 Å². The predicted molar refractivity (Wildman–Crippen MR) is 112 cm³/mol. The zero-order valence-electron chi connectivity index (χ0n) is 17.4. The van der Waals surface area contributed by atoms with Gasteiger partial charge < -0.3 is 15.0 Å². The molecule has 0 aromatic heterocycles. The molecular weight excluding hydrogens is 366 g/mol. The maximum Gasteiger partial charge on any atom is 0.254 e. The molecule has 1 aromatic rings. The fraction of sp³-hybridized carbons (Fsp3) is 0.652. The highest BCUT2D eigenvalue weighted by Crippen LogP contribution is 2.27. The predicted octanol–water partition coefficient (Wildman–Crippen LogP) is 2.30. The molecule has 4 rings (SSSR count). The van der Waals surface area contributed by atoms with Gasteiger partial charge in [0.2, 0.25) is 5.91 Å². The molecule has 0 radical (unpaired) electrons. The third kappa shape index (κ3) is 4.81. The van der Waals surface area contributed by atoms with E-state index in [1.807, 2.05) is 35.2 Å². The van der Waals surface area contributed by atoms with Gasteiger partial charge in [0.15, 0.2) is 0 Å². The fourth-order valence-corrected chi connectivity index (χ4v) is 5.03. The Balaban J connectivity index is 1.28. The van der Waals surface area contributed by atoms with Crippen LogP contribution in [0.2, 0.25) is 0 Å². The van der Waals surface area contributed by atoms with Crippen LogP contribution in [0.1, 0.15) is 49.4 Å². The minimum absolute atomic E-state index is 0.0509. The molecule has 5 unspecified atom stereocenters. The second-order valence-electron chi connectivity index (χ2n) is 8.83. The van der Waals surface area contributed by atoms with E-state index in [9.17, 15) is 9.59 Å². The van der Waals surface area contributed by atoms with E-state index in [0.717, 1.165) is 31.5 Å². The molecule has 29 heavy (non-hydrogen) atoms. The van der Waals surface area contributed by atoms with Crippen molar-refractivity contribution in [1.29, 1.82) is 0 Å². The van der Waals surface area contributed by atoms with Crippen LogP contribution in [0.25, 0.3) is 0 Å². The van der Waals surface area contributed by atoms with Crippen molar-refractivity contribution in [1.82, 2.24) is 15.1 Å². The van der Waals surface area contributed by atoms with Gasteiger partial charge in [0.25, 0.3) is 5.91 Å². The van der Waals surface area contributed by atoms with Crippen molar-refractivity contribution < 1.29 is 14.3 Å². The Bertz CT molecular complexity index is 711. The van der Waals surface area contributed by atoms with Crippen molar-refractivity contribution in [2.45, 2.75) is 57.2 Å². The highest BCUT2D eigenvalue weighted by molar-refractivity contribution is 5.94. The quantitative estimate of drug-likeness (QED) is 0.797. The number of carbonyl (C=O) groups excluding carboxylic acids is 2. The number of ether oxygens (including phenoxy) is 1. The minimum Gasteiger partial charge on any atom is -0.368 e. The second-order valence-corrected chi connectivity index (χ2v) is 8.83. The van der Waals surface area contributed by atoms with Crippen LogP contribution >= 0.6 is 0 Å². The van der Waals surface area contributed by atoms with Gasteiger partial charge in [-0.3, -0.25) is 14.5 Å². The third-order valence-corrected chi connectivity index (χ3v) is 6.84. The summed E-state index contributed by atoms with van der Waals surface area (Å²) in [6.07, 6.45) is 5.93. The standard InChI is InChI=1S/C23H33N3O3/c1-17-7-5-6-10-21(17)29-16-22(27)24-13-20-15-26(19-11-12-25(20)14-19)23(28)18-8-3-2-4-9-18/h2-4,8-9,17,19-21H,5-7,10-16H2,1H3,(H,24,27). The molecule has 2 bridgehead atoms. The van der Waals surface area contributed by atoms with Crippen molar-refractivity contribution in [3.05, 3.63) is 35.9 Å². The molecule has 6 nitrogen and oxygen atoms in total. The Morgan fingerprint density at radius 3 is 2.69 bits per heavy atom. The average Bonchev–Trinajstić information content (AvgIpc) is 3.17. The number of piperazine rings is 1. The van der Waals surface area contributed by atoms with E-state index in [1.54, 1.807) is 0 Å². The summed E-state index contributed by atoms with van der Waals surface area (Å²) < 4.78 is 5.89. The first-order valence-electron chi connectivity index (χ1n) is 11.1. The van der Waals surface area contributed by atoms with E-state index in [1.165, 1.54) is 19.3 Å². The largest absolute Gasteiger partial charge is 0.368 e. The SMILES string of the molecule is CC1CCCCC1OCC(=O)NCC1CN(C(=O)c2ccccc2)C2CCN1C2. The van der Waals surface area contributed by atoms with Crippen LogP contribution < -0.4 is 5.32 Å². The highest BCUT2D eigenvalue weighted by Gasteiger charge is 2.40. The minimum atomic E-state index is -0.0509. The summed E-state index contributed by atoms with van der Waals surface area (Å²) in [5.74, 6) is 0.585. The number of rotatable bonds is 6. The van der Waals surface area contributed by atoms with Gasteiger partial charge in [-0.1, -0.05) is 38.0 Å². The molecule has 6 heteroatoms. The Hall–Kier alpha value is -1.92. The van der Waals surface area contributed by atoms with E-state index < -0.39 is 0 Å². The van der Waals surface area contributed by atoms with Crippen LogP contribution in [0.15, 0.2) is 30.3 Å². The van der Waals surface area contributed by atoms with Crippen molar-refractivity contribution in [2.75, 3.05) is 32.8 Å². The van der Waals surface area contributed by atoms with Gasteiger partial charge in [-0.05, 0) is 37.3 Å². The lowest BCUT2D eigenvalue weighted by Gasteiger charge is -2.40. The summed E-state index contributed by atoms with van der Waals surface area (Å²) in [7, 11) is 0. The molecule has 5 atom stereocenters. The van der Waals surface area contributed by atoms with Gasteiger partial charge in [-0.25, -0.2) is 0 Å². The van der Waals surface area contributed by atoms with Gasteiger partial charge in [-0.2, -0.15) is 0 Å². The van der Waals surface area contributed by atoms with Crippen molar-refractivity contribution >= 4 is 11.8 Å².